The van der Waals surface area contributed by atoms with Gasteiger partial charge in [-0.05, 0) is 37.0 Å². The summed E-state index contributed by atoms with van der Waals surface area (Å²) in [4.78, 5) is 0. The van der Waals surface area contributed by atoms with E-state index in [1.807, 2.05) is 0 Å². The largest absolute Gasteiger partial charge is 0.393 e. The number of rotatable bonds is 1. The molecule has 1 nitrogen and oxygen atoms in total. The van der Waals surface area contributed by atoms with E-state index in [9.17, 15) is 0 Å². The predicted molar refractivity (Wildman–Crippen MR) is 61.3 cm³/mol. The predicted octanol–water partition coefficient (Wildman–Crippen LogP) is 3.75. The van der Waals surface area contributed by atoms with Gasteiger partial charge in [0.05, 0.1) is 6.10 Å². The summed E-state index contributed by atoms with van der Waals surface area (Å²) in [6.45, 7) is 7.07. The number of hydrogen-bond donors (Lipinski definition) is 1. The van der Waals surface area contributed by atoms with Crippen LogP contribution in [0.3, 0.4) is 0 Å². The van der Waals surface area contributed by atoms with Crippen molar-refractivity contribution in [3.05, 3.63) is 0 Å². The van der Waals surface area contributed by atoms with Crippen molar-refractivity contribution in [3.63, 3.8) is 0 Å². The molecule has 0 aromatic carbocycles. The van der Waals surface area contributed by atoms with E-state index in [0.717, 1.165) is 24.2 Å². The maximum atomic E-state index is 8.73. The van der Waals surface area contributed by atoms with Crippen LogP contribution in [0.15, 0.2) is 0 Å². The minimum atomic E-state index is 0.0463. The molecule has 0 spiro atoms. The Morgan fingerprint density at radius 2 is 1.57 bits per heavy atom. The molecule has 2 aliphatic carbocycles. The Bertz CT molecular complexity index is 153. The third kappa shape index (κ3) is 3.27. The second-order valence-electron chi connectivity index (χ2n) is 5.60. The first-order valence-corrected chi connectivity index (χ1v) is 6.23. The van der Waals surface area contributed by atoms with Gasteiger partial charge in [-0.2, -0.15) is 0 Å². The molecule has 0 amide bonds. The first-order valence-electron chi connectivity index (χ1n) is 6.23. The van der Waals surface area contributed by atoms with Gasteiger partial charge in [0.15, 0.2) is 0 Å². The zero-order valence-electron chi connectivity index (χ0n) is 10.1. The molecule has 14 heavy (non-hydrogen) atoms. The Hall–Kier alpha value is -0.0400. The van der Waals surface area contributed by atoms with E-state index in [4.69, 9.17) is 5.11 Å². The maximum Gasteiger partial charge on any atom is 0.0540 e. The van der Waals surface area contributed by atoms with Gasteiger partial charge >= 0.3 is 0 Å². The van der Waals surface area contributed by atoms with Crippen molar-refractivity contribution >= 4 is 0 Å². The Balaban J connectivity index is 0.000000146. The first-order chi connectivity index (χ1) is 6.54. The fraction of sp³-hybridized carbons (Fsp3) is 1.00. The van der Waals surface area contributed by atoms with Gasteiger partial charge in [-0.15, -0.1) is 0 Å². The zero-order chi connectivity index (χ0) is 10.6. The Kier molecular flexibility index (Phi) is 4.43. The second-order valence-corrected chi connectivity index (χ2v) is 5.60. The third-order valence-corrected chi connectivity index (χ3v) is 4.21. The van der Waals surface area contributed by atoms with Crippen molar-refractivity contribution in [2.75, 3.05) is 0 Å². The smallest absolute Gasteiger partial charge is 0.0540 e. The molecule has 84 valence electrons. The lowest BCUT2D eigenvalue weighted by molar-refractivity contribution is 0.0934. The van der Waals surface area contributed by atoms with Gasteiger partial charge in [0, 0.05) is 0 Å². The van der Waals surface area contributed by atoms with Crippen molar-refractivity contribution in [2.24, 2.45) is 11.3 Å². The van der Waals surface area contributed by atoms with E-state index >= 15 is 0 Å². The van der Waals surface area contributed by atoms with Gasteiger partial charge in [0.2, 0.25) is 0 Å². The molecule has 2 saturated carbocycles. The van der Waals surface area contributed by atoms with Crippen LogP contribution < -0.4 is 0 Å². The summed E-state index contributed by atoms with van der Waals surface area (Å²) in [7, 11) is 0. The summed E-state index contributed by atoms with van der Waals surface area (Å²) in [6.07, 6.45) is 9.00. The number of aliphatic hydroxyl groups excluding tert-OH is 1. The lowest BCUT2D eigenvalue weighted by Gasteiger charge is -2.42. The van der Waals surface area contributed by atoms with E-state index in [0.29, 0.717) is 0 Å². The van der Waals surface area contributed by atoms with E-state index in [2.05, 4.69) is 20.8 Å². The van der Waals surface area contributed by atoms with Crippen molar-refractivity contribution in [1.82, 2.24) is 0 Å². The first kappa shape index (κ1) is 12.0. The summed E-state index contributed by atoms with van der Waals surface area (Å²) < 4.78 is 0. The fourth-order valence-electron chi connectivity index (χ4n) is 2.22. The van der Waals surface area contributed by atoms with Gasteiger partial charge in [0.1, 0.15) is 0 Å². The quantitative estimate of drug-likeness (QED) is 0.680. The molecule has 0 saturated heterocycles. The van der Waals surface area contributed by atoms with Crippen LogP contribution in [0, 0.1) is 11.3 Å². The standard InChI is InChI=1S/C8H16.C5H10O/c1-7(2)8(3)5-4-6-8;6-5-3-1-2-4-5/h7H,4-6H2,1-3H3;5-6H,1-4H2. The molecule has 0 aromatic heterocycles. The molecular weight excluding hydrogens is 172 g/mol. The summed E-state index contributed by atoms with van der Waals surface area (Å²) in [5.74, 6) is 0.899. The molecular formula is C13H26O. The van der Waals surface area contributed by atoms with Crippen LogP contribution >= 0.6 is 0 Å². The molecule has 2 fully saturated rings. The average molecular weight is 198 g/mol. The minimum Gasteiger partial charge on any atom is -0.393 e. The molecule has 1 N–H and O–H groups in total. The Morgan fingerprint density at radius 3 is 1.64 bits per heavy atom. The lowest BCUT2D eigenvalue weighted by atomic mass is 9.64. The lowest BCUT2D eigenvalue weighted by Crippen LogP contribution is -2.30. The highest BCUT2D eigenvalue weighted by atomic mass is 16.3. The highest BCUT2D eigenvalue weighted by molar-refractivity contribution is 4.85. The van der Waals surface area contributed by atoms with Crippen LogP contribution in [0.1, 0.15) is 65.7 Å². The van der Waals surface area contributed by atoms with Crippen LogP contribution in [-0.4, -0.2) is 11.2 Å². The van der Waals surface area contributed by atoms with Gasteiger partial charge < -0.3 is 5.11 Å². The molecule has 0 unspecified atom stereocenters. The van der Waals surface area contributed by atoms with Crippen LogP contribution in [-0.2, 0) is 0 Å². The molecule has 2 aliphatic rings. The molecule has 0 aliphatic heterocycles. The topological polar surface area (TPSA) is 20.2 Å². The van der Waals surface area contributed by atoms with Crippen LogP contribution in [0.2, 0.25) is 0 Å². The van der Waals surface area contributed by atoms with Gasteiger partial charge in [-0.3, -0.25) is 0 Å². The SMILES string of the molecule is CC(C)C1(C)CCC1.OC1CCCC1. The highest BCUT2D eigenvalue weighted by Crippen LogP contribution is 2.46. The summed E-state index contributed by atoms with van der Waals surface area (Å²) >= 11 is 0. The molecule has 0 atom stereocenters. The van der Waals surface area contributed by atoms with Crippen molar-refractivity contribution < 1.29 is 5.11 Å². The highest BCUT2D eigenvalue weighted by Gasteiger charge is 2.34. The molecule has 1 heteroatoms. The molecule has 2 rings (SSSR count). The fourth-order valence-corrected chi connectivity index (χ4v) is 2.22. The number of hydrogen-bond acceptors (Lipinski definition) is 1. The maximum absolute atomic E-state index is 8.73. The monoisotopic (exact) mass is 198 g/mol. The average Bonchev–Trinajstić information content (AvgIpc) is 2.52. The van der Waals surface area contributed by atoms with Gasteiger partial charge in [-0.25, -0.2) is 0 Å². The third-order valence-electron chi connectivity index (χ3n) is 4.21. The van der Waals surface area contributed by atoms with E-state index in [1.165, 1.54) is 32.1 Å². The second kappa shape index (κ2) is 5.16. The summed E-state index contributed by atoms with van der Waals surface area (Å²) in [6, 6.07) is 0. The minimum absolute atomic E-state index is 0.0463. The van der Waals surface area contributed by atoms with E-state index in [-0.39, 0.29) is 6.10 Å². The van der Waals surface area contributed by atoms with Crippen LogP contribution in [0.5, 0.6) is 0 Å². The zero-order valence-corrected chi connectivity index (χ0v) is 10.1. The molecule has 0 bridgehead atoms. The Labute approximate surface area is 88.9 Å². The summed E-state index contributed by atoms with van der Waals surface area (Å²) in [5.41, 5.74) is 0.722. The van der Waals surface area contributed by atoms with E-state index in [1.54, 1.807) is 0 Å². The number of aliphatic hydroxyl groups is 1. The molecule has 0 radical (unpaired) electrons. The van der Waals surface area contributed by atoms with Crippen molar-refractivity contribution in [3.8, 4) is 0 Å². The van der Waals surface area contributed by atoms with Gasteiger partial charge in [-0.1, -0.05) is 40.0 Å². The Morgan fingerprint density at radius 1 is 1.07 bits per heavy atom. The summed E-state index contributed by atoms with van der Waals surface area (Å²) in [5, 5.41) is 8.73. The van der Waals surface area contributed by atoms with Crippen LogP contribution in [0.25, 0.3) is 0 Å². The molecule has 0 aromatic rings. The normalized spacial score (nSPS) is 25.5. The van der Waals surface area contributed by atoms with Gasteiger partial charge in [0.25, 0.3) is 0 Å². The van der Waals surface area contributed by atoms with Crippen molar-refractivity contribution in [1.29, 1.82) is 0 Å². The van der Waals surface area contributed by atoms with E-state index < -0.39 is 0 Å². The molecule has 0 heterocycles. The van der Waals surface area contributed by atoms with Crippen molar-refractivity contribution in [2.45, 2.75) is 71.8 Å². The van der Waals surface area contributed by atoms with Crippen LogP contribution in [0.4, 0.5) is 0 Å².